The van der Waals surface area contributed by atoms with Crippen molar-refractivity contribution in [3.8, 4) is 0 Å². The Labute approximate surface area is 164 Å². The van der Waals surface area contributed by atoms with Gasteiger partial charge in [0.05, 0.1) is 0 Å². The highest BCUT2D eigenvalue weighted by molar-refractivity contribution is 14.0. The molecular weight excluding hydrogens is 437 g/mol. The summed E-state index contributed by atoms with van der Waals surface area (Å²) >= 11 is 0. The average Bonchev–Trinajstić information content (AvgIpc) is 2.61. The van der Waals surface area contributed by atoms with E-state index in [1.165, 1.54) is 6.07 Å². The Balaban J connectivity index is 0.00000312. The van der Waals surface area contributed by atoms with E-state index in [9.17, 15) is 8.78 Å². The van der Waals surface area contributed by atoms with Crippen molar-refractivity contribution < 1.29 is 8.78 Å². The van der Waals surface area contributed by atoms with Gasteiger partial charge in [-0.15, -0.1) is 24.0 Å². The van der Waals surface area contributed by atoms with Crippen molar-refractivity contribution in [3.05, 3.63) is 65.7 Å². The van der Waals surface area contributed by atoms with Crippen molar-refractivity contribution in [2.24, 2.45) is 4.99 Å². The van der Waals surface area contributed by atoms with Crippen LogP contribution in [0.1, 0.15) is 12.0 Å². The van der Waals surface area contributed by atoms with Gasteiger partial charge in [-0.2, -0.15) is 0 Å². The molecule has 4 nitrogen and oxygen atoms in total. The SMILES string of the molecule is CN=C(NCCCNc1ccccc1)NCc1cc(F)ccc1F.I. The smallest absolute Gasteiger partial charge is 0.191 e. The Morgan fingerprint density at radius 1 is 1.00 bits per heavy atom. The summed E-state index contributed by atoms with van der Waals surface area (Å²) in [5.41, 5.74) is 1.35. The molecule has 0 fully saturated rings. The molecule has 0 bridgehead atoms. The first-order valence-electron chi connectivity index (χ1n) is 7.86. The van der Waals surface area contributed by atoms with Crippen molar-refractivity contribution in [1.29, 1.82) is 0 Å². The van der Waals surface area contributed by atoms with Crippen LogP contribution in [0.15, 0.2) is 53.5 Å². The molecule has 0 unspecified atom stereocenters. The maximum absolute atomic E-state index is 13.6. The lowest BCUT2D eigenvalue weighted by Gasteiger charge is -2.13. The number of nitrogens with zero attached hydrogens (tertiary/aromatic N) is 1. The van der Waals surface area contributed by atoms with Crippen LogP contribution in [0.2, 0.25) is 0 Å². The van der Waals surface area contributed by atoms with E-state index in [4.69, 9.17) is 0 Å². The Hall–Kier alpha value is -1.90. The Morgan fingerprint density at radius 3 is 2.48 bits per heavy atom. The summed E-state index contributed by atoms with van der Waals surface area (Å²) in [4.78, 5) is 4.07. The molecule has 0 aliphatic heterocycles. The lowest BCUT2D eigenvalue weighted by atomic mass is 10.2. The first-order valence-corrected chi connectivity index (χ1v) is 7.86. The minimum Gasteiger partial charge on any atom is -0.385 e. The van der Waals surface area contributed by atoms with Crippen molar-refractivity contribution in [2.75, 3.05) is 25.5 Å². The minimum absolute atomic E-state index is 0. The Bertz CT molecular complexity index is 665. The Morgan fingerprint density at radius 2 is 1.76 bits per heavy atom. The van der Waals surface area contributed by atoms with E-state index in [-0.39, 0.29) is 36.1 Å². The van der Waals surface area contributed by atoms with Gasteiger partial charge in [0.2, 0.25) is 0 Å². The van der Waals surface area contributed by atoms with Crippen LogP contribution in [-0.2, 0) is 6.54 Å². The van der Waals surface area contributed by atoms with Gasteiger partial charge in [0, 0.05) is 37.9 Å². The van der Waals surface area contributed by atoms with E-state index in [2.05, 4.69) is 20.9 Å². The van der Waals surface area contributed by atoms with Crippen molar-refractivity contribution in [1.82, 2.24) is 10.6 Å². The molecule has 3 N–H and O–H groups in total. The van der Waals surface area contributed by atoms with Crippen LogP contribution in [0, 0.1) is 11.6 Å². The lowest BCUT2D eigenvalue weighted by molar-refractivity contribution is 0.581. The molecule has 2 rings (SSSR count). The average molecular weight is 460 g/mol. The monoisotopic (exact) mass is 460 g/mol. The summed E-state index contributed by atoms with van der Waals surface area (Å²) in [6.07, 6.45) is 0.893. The summed E-state index contributed by atoms with van der Waals surface area (Å²) in [7, 11) is 1.64. The van der Waals surface area contributed by atoms with Crippen LogP contribution < -0.4 is 16.0 Å². The second-order valence-electron chi connectivity index (χ2n) is 5.23. The molecule has 2 aromatic carbocycles. The van der Waals surface area contributed by atoms with Gasteiger partial charge in [-0.3, -0.25) is 4.99 Å². The highest BCUT2D eigenvalue weighted by Gasteiger charge is 2.05. The van der Waals surface area contributed by atoms with Gasteiger partial charge in [-0.25, -0.2) is 8.78 Å². The first-order chi connectivity index (χ1) is 11.7. The third-order valence-corrected chi connectivity index (χ3v) is 3.43. The molecule has 2 aromatic rings. The zero-order chi connectivity index (χ0) is 17.2. The third kappa shape index (κ3) is 7.68. The zero-order valence-electron chi connectivity index (χ0n) is 14.1. The second kappa shape index (κ2) is 11.6. The number of rotatable bonds is 7. The van der Waals surface area contributed by atoms with Crippen LogP contribution in [0.3, 0.4) is 0 Å². The van der Waals surface area contributed by atoms with Crippen LogP contribution >= 0.6 is 24.0 Å². The van der Waals surface area contributed by atoms with Crippen LogP contribution in [0.5, 0.6) is 0 Å². The van der Waals surface area contributed by atoms with Gasteiger partial charge in [0.1, 0.15) is 11.6 Å². The summed E-state index contributed by atoms with van der Waals surface area (Å²) in [5.74, 6) is -0.340. The Kier molecular flexibility index (Phi) is 9.83. The molecule has 0 radical (unpaired) electrons. The fraction of sp³-hybridized carbons (Fsp3) is 0.278. The molecule has 0 aliphatic carbocycles. The lowest BCUT2D eigenvalue weighted by Crippen LogP contribution is -2.37. The summed E-state index contributed by atoms with van der Waals surface area (Å²) in [6.45, 7) is 1.71. The van der Waals surface area contributed by atoms with Gasteiger partial charge in [-0.05, 0) is 36.8 Å². The number of aliphatic imine (C=N–C) groups is 1. The standard InChI is InChI=1S/C18H22F2N4.HI/c1-21-18(24-13-14-12-15(19)8-9-17(14)20)23-11-5-10-22-16-6-3-2-4-7-16;/h2-4,6-9,12,22H,5,10-11,13H2,1H3,(H2,21,23,24);1H. The molecule has 0 saturated heterocycles. The number of hydrogen-bond donors (Lipinski definition) is 3. The number of guanidine groups is 1. The highest BCUT2D eigenvalue weighted by Crippen LogP contribution is 2.09. The van der Waals surface area contributed by atoms with Gasteiger partial charge in [0.25, 0.3) is 0 Å². The number of nitrogens with one attached hydrogen (secondary N) is 3. The molecule has 0 atom stereocenters. The minimum atomic E-state index is -0.455. The van der Waals surface area contributed by atoms with Crippen molar-refractivity contribution in [3.63, 3.8) is 0 Å². The molecule has 25 heavy (non-hydrogen) atoms. The largest absolute Gasteiger partial charge is 0.385 e. The zero-order valence-corrected chi connectivity index (χ0v) is 16.4. The normalized spacial score (nSPS) is 10.8. The van der Waals surface area contributed by atoms with E-state index in [1.54, 1.807) is 7.05 Å². The number of halogens is 3. The fourth-order valence-electron chi connectivity index (χ4n) is 2.16. The first kappa shape index (κ1) is 21.1. The predicted octanol–water partition coefficient (Wildman–Crippen LogP) is 3.75. The molecule has 0 saturated carbocycles. The number of para-hydroxylation sites is 1. The molecular formula is C18H23F2IN4. The third-order valence-electron chi connectivity index (χ3n) is 3.43. The van der Waals surface area contributed by atoms with Gasteiger partial charge < -0.3 is 16.0 Å². The topological polar surface area (TPSA) is 48.5 Å². The van der Waals surface area contributed by atoms with Gasteiger partial charge in [0.15, 0.2) is 5.96 Å². The van der Waals surface area contributed by atoms with Gasteiger partial charge in [-0.1, -0.05) is 18.2 Å². The maximum Gasteiger partial charge on any atom is 0.191 e. The molecule has 136 valence electrons. The van der Waals surface area contributed by atoms with E-state index < -0.39 is 11.6 Å². The molecule has 0 heterocycles. The van der Waals surface area contributed by atoms with E-state index in [0.29, 0.717) is 12.5 Å². The summed E-state index contributed by atoms with van der Waals surface area (Å²) in [5, 5.41) is 9.43. The van der Waals surface area contributed by atoms with Crippen molar-refractivity contribution >= 4 is 35.6 Å². The van der Waals surface area contributed by atoms with E-state index in [1.807, 2.05) is 30.3 Å². The number of anilines is 1. The van der Waals surface area contributed by atoms with Crippen LogP contribution in [0.4, 0.5) is 14.5 Å². The van der Waals surface area contributed by atoms with E-state index >= 15 is 0 Å². The molecule has 0 spiro atoms. The quantitative estimate of drug-likeness (QED) is 0.255. The molecule has 7 heteroatoms. The highest BCUT2D eigenvalue weighted by atomic mass is 127. The van der Waals surface area contributed by atoms with Gasteiger partial charge >= 0.3 is 0 Å². The molecule has 0 amide bonds. The fourth-order valence-corrected chi connectivity index (χ4v) is 2.16. The second-order valence-corrected chi connectivity index (χ2v) is 5.23. The number of hydrogen-bond acceptors (Lipinski definition) is 2. The number of benzene rings is 2. The maximum atomic E-state index is 13.6. The summed E-state index contributed by atoms with van der Waals surface area (Å²) < 4.78 is 26.7. The predicted molar refractivity (Wildman–Crippen MR) is 110 cm³/mol. The molecule has 0 aromatic heterocycles. The van der Waals surface area contributed by atoms with Crippen LogP contribution in [-0.4, -0.2) is 26.1 Å². The summed E-state index contributed by atoms with van der Waals surface area (Å²) in [6, 6.07) is 13.4. The van der Waals surface area contributed by atoms with Crippen LogP contribution in [0.25, 0.3) is 0 Å². The van der Waals surface area contributed by atoms with E-state index in [0.717, 1.165) is 30.8 Å². The molecule has 0 aliphatic rings. The van der Waals surface area contributed by atoms with Crippen molar-refractivity contribution in [2.45, 2.75) is 13.0 Å².